The second-order valence-corrected chi connectivity index (χ2v) is 9.53. The number of ether oxygens (including phenoxy) is 4. The Morgan fingerprint density at radius 3 is 2.31 bits per heavy atom. The van der Waals surface area contributed by atoms with Crippen molar-refractivity contribution in [3.63, 3.8) is 0 Å². The average Bonchev–Trinajstić information content (AvgIpc) is 3.41. The molecule has 0 saturated heterocycles. The number of carbonyl (C=O) groups is 1. The third-order valence-corrected chi connectivity index (χ3v) is 7.39. The lowest BCUT2D eigenvalue weighted by atomic mass is 9.86. The molecule has 1 N–H and O–H groups in total. The summed E-state index contributed by atoms with van der Waals surface area (Å²) in [6, 6.07) is 18.0. The van der Waals surface area contributed by atoms with Crippen molar-refractivity contribution in [1.29, 1.82) is 0 Å². The summed E-state index contributed by atoms with van der Waals surface area (Å²) in [5.74, 6) is 2.47. The number of H-pyrrole nitrogens is 1. The molecule has 3 aromatic carbocycles. The molecule has 1 unspecified atom stereocenters. The van der Waals surface area contributed by atoms with Crippen molar-refractivity contribution in [1.82, 2.24) is 9.88 Å². The Labute approximate surface area is 230 Å². The number of rotatable bonds is 12. The molecule has 39 heavy (non-hydrogen) atoms. The van der Waals surface area contributed by atoms with Crippen LogP contribution in [0, 0.1) is 0 Å². The smallest absolute Gasteiger partial charge is 0.223 e. The first-order valence-electron chi connectivity index (χ1n) is 13.2. The maximum atomic E-state index is 13.7. The zero-order valence-electron chi connectivity index (χ0n) is 23.7. The molecule has 1 aromatic heterocycles. The number of para-hydroxylation sites is 2. The molecule has 0 aliphatic heterocycles. The average molecular weight is 531 g/mol. The molecule has 7 heteroatoms. The third-order valence-electron chi connectivity index (χ3n) is 7.39. The lowest BCUT2D eigenvalue weighted by Gasteiger charge is -2.24. The molecule has 0 aliphatic carbocycles. The SMILES string of the molecule is CCc1cccc2c(C(CC(=O)N(C)CCc3ccc(OC)c(OC)c3)c3cccc(OC)c3OC)c[nH]c12. The van der Waals surface area contributed by atoms with E-state index in [4.69, 9.17) is 18.9 Å². The first-order valence-corrected chi connectivity index (χ1v) is 13.2. The van der Waals surface area contributed by atoms with Gasteiger partial charge in [0.1, 0.15) is 0 Å². The number of aromatic nitrogens is 1. The van der Waals surface area contributed by atoms with Gasteiger partial charge >= 0.3 is 0 Å². The third kappa shape index (κ3) is 5.82. The molecule has 1 amide bonds. The monoisotopic (exact) mass is 530 g/mol. The summed E-state index contributed by atoms with van der Waals surface area (Å²) < 4.78 is 22.2. The van der Waals surface area contributed by atoms with E-state index in [0.29, 0.717) is 36.0 Å². The molecule has 0 radical (unpaired) electrons. The van der Waals surface area contributed by atoms with E-state index in [9.17, 15) is 4.79 Å². The summed E-state index contributed by atoms with van der Waals surface area (Å²) >= 11 is 0. The highest BCUT2D eigenvalue weighted by molar-refractivity contribution is 5.88. The normalized spacial score (nSPS) is 11.7. The quantitative estimate of drug-likeness (QED) is 0.244. The Hall–Kier alpha value is -4.13. The van der Waals surface area contributed by atoms with E-state index in [1.165, 1.54) is 5.56 Å². The predicted molar refractivity (Wildman–Crippen MR) is 155 cm³/mol. The van der Waals surface area contributed by atoms with Crippen LogP contribution in [-0.2, 0) is 17.6 Å². The number of aromatic amines is 1. The van der Waals surface area contributed by atoms with Crippen molar-refractivity contribution >= 4 is 16.8 Å². The van der Waals surface area contributed by atoms with Gasteiger partial charge in [-0.3, -0.25) is 4.79 Å². The van der Waals surface area contributed by atoms with E-state index < -0.39 is 0 Å². The van der Waals surface area contributed by atoms with E-state index in [2.05, 4.69) is 30.1 Å². The Kier molecular flexibility index (Phi) is 9.02. The molecule has 7 nitrogen and oxygen atoms in total. The zero-order valence-corrected chi connectivity index (χ0v) is 23.7. The molecular weight excluding hydrogens is 492 g/mol. The minimum absolute atomic E-state index is 0.0475. The van der Waals surface area contributed by atoms with Crippen LogP contribution in [0.1, 0.15) is 41.5 Å². The van der Waals surface area contributed by atoms with E-state index in [1.807, 2.05) is 49.6 Å². The van der Waals surface area contributed by atoms with Gasteiger partial charge in [0.15, 0.2) is 23.0 Å². The number of carbonyl (C=O) groups excluding carboxylic acids is 1. The van der Waals surface area contributed by atoms with Crippen LogP contribution in [-0.4, -0.2) is 57.8 Å². The van der Waals surface area contributed by atoms with Gasteiger partial charge in [-0.2, -0.15) is 0 Å². The molecule has 0 saturated carbocycles. The summed E-state index contributed by atoms with van der Waals surface area (Å²) in [6.45, 7) is 2.72. The molecule has 0 spiro atoms. The molecule has 0 bridgehead atoms. The highest BCUT2D eigenvalue weighted by atomic mass is 16.5. The fraction of sp³-hybridized carbons (Fsp3) is 0.344. The molecule has 1 heterocycles. The summed E-state index contributed by atoms with van der Waals surface area (Å²) in [5.41, 5.74) is 5.40. The number of nitrogens with one attached hydrogen (secondary N) is 1. The largest absolute Gasteiger partial charge is 0.493 e. The van der Waals surface area contributed by atoms with Gasteiger partial charge < -0.3 is 28.8 Å². The van der Waals surface area contributed by atoms with Crippen LogP contribution < -0.4 is 18.9 Å². The lowest BCUT2D eigenvalue weighted by Crippen LogP contribution is -2.30. The number of hydrogen-bond acceptors (Lipinski definition) is 5. The second-order valence-electron chi connectivity index (χ2n) is 9.53. The first-order chi connectivity index (χ1) is 18.9. The van der Waals surface area contributed by atoms with Gasteiger partial charge in [0.2, 0.25) is 5.91 Å². The van der Waals surface area contributed by atoms with Crippen molar-refractivity contribution < 1.29 is 23.7 Å². The molecule has 0 aliphatic rings. The van der Waals surface area contributed by atoms with Crippen LogP contribution in [0.5, 0.6) is 23.0 Å². The summed E-state index contributed by atoms with van der Waals surface area (Å²) in [4.78, 5) is 18.9. The van der Waals surface area contributed by atoms with Crippen molar-refractivity contribution in [3.05, 3.63) is 83.0 Å². The van der Waals surface area contributed by atoms with Crippen LogP contribution in [0.15, 0.2) is 60.8 Å². The van der Waals surface area contributed by atoms with Gasteiger partial charge in [-0.25, -0.2) is 0 Å². The van der Waals surface area contributed by atoms with Gasteiger partial charge in [0.25, 0.3) is 0 Å². The van der Waals surface area contributed by atoms with Gasteiger partial charge in [-0.15, -0.1) is 0 Å². The highest BCUT2D eigenvalue weighted by Crippen LogP contribution is 2.42. The van der Waals surface area contributed by atoms with E-state index in [1.54, 1.807) is 33.3 Å². The standard InChI is InChI=1S/C32H38N2O5/c1-7-22-10-8-11-23-26(20-33-31(22)23)25(24-12-9-13-28(37-4)32(24)39-6)19-30(35)34(2)17-16-21-14-15-27(36-3)29(18-21)38-5/h8-15,18,20,25,33H,7,16-17,19H2,1-6H3. The Morgan fingerprint density at radius 2 is 1.62 bits per heavy atom. The van der Waals surface area contributed by atoms with Crippen LogP contribution in [0.25, 0.3) is 10.9 Å². The molecule has 206 valence electrons. The summed E-state index contributed by atoms with van der Waals surface area (Å²) in [5, 5.41) is 1.12. The van der Waals surface area contributed by atoms with E-state index in [0.717, 1.165) is 34.0 Å². The number of benzene rings is 3. The second kappa shape index (κ2) is 12.6. The van der Waals surface area contributed by atoms with Crippen LogP contribution in [0.3, 0.4) is 0 Å². The fourth-order valence-electron chi connectivity index (χ4n) is 5.18. The maximum absolute atomic E-state index is 13.7. The van der Waals surface area contributed by atoms with Crippen molar-refractivity contribution in [2.75, 3.05) is 42.0 Å². The van der Waals surface area contributed by atoms with Crippen molar-refractivity contribution in [2.24, 2.45) is 0 Å². The molecule has 1 atom stereocenters. The molecule has 0 fully saturated rings. The number of nitrogens with zero attached hydrogens (tertiary/aromatic N) is 1. The van der Waals surface area contributed by atoms with E-state index in [-0.39, 0.29) is 18.2 Å². The number of aryl methyl sites for hydroxylation is 1. The summed E-state index contributed by atoms with van der Waals surface area (Å²) in [7, 11) is 8.36. The van der Waals surface area contributed by atoms with Crippen molar-refractivity contribution in [2.45, 2.75) is 32.1 Å². The van der Waals surface area contributed by atoms with Gasteiger partial charge in [-0.1, -0.05) is 43.3 Å². The van der Waals surface area contributed by atoms with Gasteiger partial charge in [0, 0.05) is 48.6 Å². The number of methoxy groups -OCH3 is 4. The van der Waals surface area contributed by atoms with Crippen LogP contribution in [0.2, 0.25) is 0 Å². The van der Waals surface area contributed by atoms with E-state index >= 15 is 0 Å². The Balaban J connectivity index is 1.64. The maximum Gasteiger partial charge on any atom is 0.223 e. The number of fused-ring (bicyclic) bond motifs is 1. The first kappa shape index (κ1) is 27.9. The van der Waals surface area contributed by atoms with Gasteiger partial charge in [-0.05, 0) is 47.7 Å². The van der Waals surface area contributed by atoms with Crippen LogP contribution >= 0.6 is 0 Å². The minimum atomic E-state index is -0.230. The van der Waals surface area contributed by atoms with Gasteiger partial charge in [0.05, 0.1) is 28.4 Å². The molecular formula is C32H38N2O5. The zero-order chi connectivity index (χ0) is 27.9. The number of likely N-dealkylation sites (N-methyl/N-ethyl adjacent to an activating group) is 1. The van der Waals surface area contributed by atoms with Crippen LogP contribution in [0.4, 0.5) is 0 Å². The topological polar surface area (TPSA) is 73.0 Å². The lowest BCUT2D eigenvalue weighted by molar-refractivity contribution is -0.130. The predicted octanol–water partition coefficient (Wildman–Crippen LogP) is 5.99. The molecule has 4 aromatic rings. The molecule has 4 rings (SSSR count). The Bertz CT molecular complexity index is 1430. The fourth-order valence-corrected chi connectivity index (χ4v) is 5.18. The highest BCUT2D eigenvalue weighted by Gasteiger charge is 2.27. The number of amides is 1. The van der Waals surface area contributed by atoms with Crippen molar-refractivity contribution in [3.8, 4) is 23.0 Å². The number of hydrogen-bond donors (Lipinski definition) is 1. The minimum Gasteiger partial charge on any atom is -0.493 e. The Morgan fingerprint density at radius 1 is 0.872 bits per heavy atom. The summed E-state index contributed by atoms with van der Waals surface area (Å²) in [6.07, 6.45) is 3.94.